The van der Waals surface area contributed by atoms with Gasteiger partial charge in [0.25, 0.3) is 0 Å². The van der Waals surface area contributed by atoms with Crippen LogP contribution < -0.4 is 5.32 Å². The fraction of sp³-hybridized carbons (Fsp3) is 0.857. The fourth-order valence-electron chi connectivity index (χ4n) is 2.43. The molecular weight excluding hydrogens is 196 g/mol. The van der Waals surface area contributed by atoms with E-state index in [1.165, 1.54) is 50.8 Å². The molecule has 0 amide bonds. The van der Waals surface area contributed by atoms with E-state index in [1.54, 1.807) is 0 Å². The van der Waals surface area contributed by atoms with E-state index in [2.05, 4.69) is 23.7 Å². The van der Waals surface area contributed by atoms with E-state index in [4.69, 9.17) is 0 Å². The lowest BCUT2D eigenvalue weighted by molar-refractivity contribution is 0.303. The highest BCUT2D eigenvalue weighted by Gasteiger charge is 2.20. The second-order valence-corrected chi connectivity index (χ2v) is 5.72. The summed E-state index contributed by atoms with van der Waals surface area (Å²) >= 11 is 0. The Kier molecular flexibility index (Phi) is 4.42. The van der Waals surface area contributed by atoms with Gasteiger partial charge in [-0.3, -0.25) is 4.90 Å². The number of hydrogen-bond donors (Lipinski definition) is 1. The third-order valence-corrected chi connectivity index (χ3v) is 3.77. The van der Waals surface area contributed by atoms with E-state index in [1.807, 2.05) is 0 Å². The van der Waals surface area contributed by atoms with Crippen molar-refractivity contribution in [2.45, 2.75) is 45.1 Å². The summed E-state index contributed by atoms with van der Waals surface area (Å²) in [5.74, 6) is 0.919. The maximum atomic E-state index is 4.19. The van der Waals surface area contributed by atoms with Gasteiger partial charge in [0.2, 0.25) is 0 Å². The van der Waals surface area contributed by atoms with Gasteiger partial charge in [0.05, 0.1) is 0 Å². The highest BCUT2D eigenvalue weighted by atomic mass is 15.1. The van der Waals surface area contributed by atoms with Crippen LogP contribution in [-0.4, -0.2) is 37.1 Å². The van der Waals surface area contributed by atoms with Crippen molar-refractivity contribution in [3.8, 4) is 0 Å². The van der Waals surface area contributed by atoms with Crippen LogP contribution in [0, 0.1) is 5.92 Å². The van der Waals surface area contributed by atoms with Crippen LogP contribution in [0.2, 0.25) is 0 Å². The summed E-state index contributed by atoms with van der Waals surface area (Å²) in [6.07, 6.45) is 6.88. The Hall–Kier alpha value is -0.340. The molecule has 92 valence electrons. The number of nitrogens with zero attached hydrogens (tertiary/aromatic N) is 1. The Labute approximate surface area is 100 Å². The molecule has 1 unspecified atom stereocenters. The van der Waals surface area contributed by atoms with Gasteiger partial charge >= 0.3 is 0 Å². The summed E-state index contributed by atoms with van der Waals surface area (Å²) in [4.78, 5) is 2.58. The second kappa shape index (κ2) is 5.83. The molecule has 0 radical (unpaired) electrons. The van der Waals surface area contributed by atoms with Crippen LogP contribution in [0.5, 0.6) is 0 Å². The molecule has 1 saturated carbocycles. The first-order chi connectivity index (χ1) is 7.74. The highest BCUT2D eigenvalue weighted by Crippen LogP contribution is 2.19. The van der Waals surface area contributed by atoms with Crippen LogP contribution >= 0.6 is 0 Å². The van der Waals surface area contributed by atoms with Gasteiger partial charge in [0, 0.05) is 19.1 Å². The lowest BCUT2D eigenvalue weighted by Crippen LogP contribution is -2.30. The molecule has 1 heterocycles. The lowest BCUT2D eigenvalue weighted by Gasteiger charge is -2.21. The molecule has 0 aromatic heterocycles. The number of rotatable bonds is 5. The highest BCUT2D eigenvalue weighted by molar-refractivity contribution is 5.02. The van der Waals surface area contributed by atoms with Gasteiger partial charge < -0.3 is 5.32 Å². The third kappa shape index (κ3) is 4.26. The molecule has 1 atom stereocenters. The molecule has 2 fully saturated rings. The van der Waals surface area contributed by atoms with Crippen molar-refractivity contribution in [2.75, 3.05) is 26.2 Å². The summed E-state index contributed by atoms with van der Waals surface area (Å²) in [5, 5.41) is 3.54. The van der Waals surface area contributed by atoms with E-state index in [0.29, 0.717) is 0 Å². The molecule has 0 aromatic rings. The molecule has 0 aromatic carbocycles. The first-order valence-corrected chi connectivity index (χ1v) is 6.86. The second-order valence-electron chi connectivity index (χ2n) is 5.72. The molecule has 2 nitrogen and oxygen atoms in total. The van der Waals surface area contributed by atoms with Crippen LogP contribution in [0.4, 0.5) is 0 Å². The van der Waals surface area contributed by atoms with Gasteiger partial charge in [-0.05, 0) is 56.7 Å². The van der Waals surface area contributed by atoms with Gasteiger partial charge in [-0.15, -0.1) is 0 Å². The zero-order valence-corrected chi connectivity index (χ0v) is 10.7. The van der Waals surface area contributed by atoms with E-state index in [-0.39, 0.29) is 0 Å². The van der Waals surface area contributed by atoms with Crippen LogP contribution in [0.15, 0.2) is 12.2 Å². The minimum absolute atomic E-state index is 0.806. The Morgan fingerprint density at radius 3 is 2.81 bits per heavy atom. The fourth-order valence-corrected chi connectivity index (χ4v) is 2.43. The summed E-state index contributed by atoms with van der Waals surface area (Å²) in [6.45, 7) is 11.2. The zero-order valence-electron chi connectivity index (χ0n) is 10.7. The van der Waals surface area contributed by atoms with E-state index in [0.717, 1.165) is 25.0 Å². The maximum Gasteiger partial charge on any atom is 0.0202 e. The molecule has 1 saturated heterocycles. The molecule has 2 aliphatic rings. The molecule has 1 N–H and O–H groups in total. The Bertz CT molecular complexity index is 233. The monoisotopic (exact) mass is 222 g/mol. The Balaban J connectivity index is 1.64. The quantitative estimate of drug-likeness (QED) is 0.719. The molecule has 1 aliphatic carbocycles. The average molecular weight is 222 g/mol. The van der Waals surface area contributed by atoms with Crippen molar-refractivity contribution in [3.05, 3.63) is 12.2 Å². The number of likely N-dealkylation sites (tertiary alicyclic amines) is 1. The first kappa shape index (κ1) is 12.1. The topological polar surface area (TPSA) is 15.3 Å². The molecule has 1 aliphatic heterocycles. The van der Waals surface area contributed by atoms with E-state index >= 15 is 0 Å². The van der Waals surface area contributed by atoms with E-state index < -0.39 is 0 Å². The molecule has 2 rings (SSSR count). The predicted molar refractivity (Wildman–Crippen MR) is 69.6 cm³/mol. The summed E-state index contributed by atoms with van der Waals surface area (Å²) in [6, 6.07) is 0.806. The van der Waals surface area contributed by atoms with Crippen LogP contribution in [0.1, 0.15) is 39.0 Å². The van der Waals surface area contributed by atoms with Crippen LogP contribution in [0.25, 0.3) is 0 Å². The number of nitrogens with one attached hydrogen (secondary N) is 1. The van der Waals surface area contributed by atoms with Crippen molar-refractivity contribution < 1.29 is 0 Å². The molecule has 2 heteroatoms. The van der Waals surface area contributed by atoms with Crippen LogP contribution in [-0.2, 0) is 0 Å². The standard InChI is InChI=1S/C14H26N2/c1-12-4-3-8-16(9-7-12)11-13(2)10-15-14-5-6-14/h12,14-15H,2-11H2,1H3. The van der Waals surface area contributed by atoms with Crippen molar-refractivity contribution >= 4 is 0 Å². The largest absolute Gasteiger partial charge is 0.310 e. The third-order valence-electron chi connectivity index (χ3n) is 3.77. The predicted octanol–water partition coefficient (Wildman–Crippen LogP) is 2.42. The van der Waals surface area contributed by atoms with E-state index in [9.17, 15) is 0 Å². The smallest absolute Gasteiger partial charge is 0.0202 e. The van der Waals surface area contributed by atoms with Crippen molar-refractivity contribution in [1.29, 1.82) is 0 Å². The minimum atomic E-state index is 0.806. The first-order valence-electron chi connectivity index (χ1n) is 6.86. The number of hydrogen-bond acceptors (Lipinski definition) is 2. The van der Waals surface area contributed by atoms with Crippen LogP contribution in [0.3, 0.4) is 0 Å². The summed E-state index contributed by atoms with van der Waals surface area (Å²) in [5.41, 5.74) is 1.36. The summed E-state index contributed by atoms with van der Waals surface area (Å²) < 4.78 is 0. The van der Waals surface area contributed by atoms with Crippen molar-refractivity contribution in [1.82, 2.24) is 10.2 Å². The van der Waals surface area contributed by atoms with Crippen molar-refractivity contribution in [3.63, 3.8) is 0 Å². The molecule has 0 bridgehead atoms. The average Bonchev–Trinajstić information content (AvgIpc) is 3.05. The Morgan fingerprint density at radius 1 is 1.25 bits per heavy atom. The van der Waals surface area contributed by atoms with Gasteiger partial charge in [0.1, 0.15) is 0 Å². The molecular formula is C14H26N2. The normalized spacial score (nSPS) is 27.7. The summed E-state index contributed by atoms with van der Waals surface area (Å²) in [7, 11) is 0. The maximum absolute atomic E-state index is 4.19. The Morgan fingerprint density at radius 2 is 2.06 bits per heavy atom. The molecule has 16 heavy (non-hydrogen) atoms. The van der Waals surface area contributed by atoms with Gasteiger partial charge in [-0.25, -0.2) is 0 Å². The van der Waals surface area contributed by atoms with Gasteiger partial charge in [-0.1, -0.05) is 13.5 Å². The van der Waals surface area contributed by atoms with Crippen molar-refractivity contribution in [2.24, 2.45) is 5.92 Å². The van der Waals surface area contributed by atoms with Gasteiger partial charge in [-0.2, -0.15) is 0 Å². The molecule has 0 spiro atoms. The lowest BCUT2D eigenvalue weighted by atomic mass is 10.0. The van der Waals surface area contributed by atoms with Gasteiger partial charge in [0.15, 0.2) is 0 Å². The minimum Gasteiger partial charge on any atom is -0.310 e. The SMILES string of the molecule is C=C(CNC1CC1)CN1CCCC(C)CC1. The zero-order chi connectivity index (χ0) is 11.4.